The fourth-order valence-corrected chi connectivity index (χ4v) is 3.04. The molecule has 1 aliphatic rings. The SMILES string of the molecule is CC1(C)CSC(Nc2cccc3cnccc23)=N1. The predicted octanol–water partition coefficient (Wildman–Crippen LogP) is 3.53. The molecule has 2 aromatic rings. The molecule has 4 heteroatoms. The number of benzene rings is 1. The summed E-state index contributed by atoms with van der Waals surface area (Å²) in [7, 11) is 0. The summed E-state index contributed by atoms with van der Waals surface area (Å²) in [6.45, 7) is 4.31. The van der Waals surface area contributed by atoms with Gasteiger partial charge in [-0.2, -0.15) is 0 Å². The first-order valence-corrected chi connectivity index (χ1v) is 6.95. The minimum atomic E-state index is 0.0408. The molecule has 18 heavy (non-hydrogen) atoms. The molecular formula is C14H15N3S. The molecule has 0 saturated carbocycles. The zero-order valence-electron chi connectivity index (χ0n) is 10.5. The highest BCUT2D eigenvalue weighted by Gasteiger charge is 2.25. The summed E-state index contributed by atoms with van der Waals surface area (Å²) in [6, 6.07) is 8.22. The number of rotatable bonds is 1. The van der Waals surface area contributed by atoms with Crippen molar-refractivity contribution in [2.45, 2.75) is 19.4 Å². The lowest BCUT2D eigenvalue weighted by Crippen LogP contribution is -2.15. The number of nitrogens with one attached hydrogen (secondary N) is 1. The standard InChI is InChI=1S/C14H15N3S/c1-14(2)9-18-13(17-14)16-12-5-3-4-10-8-15-7-6-11(10)12/h3-8H,9H2,1-2H3,(H,16,17). The highest BCUT2D eigenvalue weighted by Crippen LogP contribution is 2.29. The third-order valence-corrected chi connectivity index (χ3v) is 4.21. The Labute approximate surface area is 111 Å². The number of pyridine rings is 1. The van der Waals surface area contributed by atoms with Crippen LogP contribution in [-0.2, 0) is 0 Å². The molecule has 1 N–H and O–H groups in total. The van der Waals surface area contributed by atoms with Crippen molar-refractivity contribution in [3.05, 3.63) is 36.7 Å². The van der Waals surface area contributed by atoms with Gasteiger partial charge in [0.25, 0.3) is 0 Å². The van der Waals surface area contributed by atoms with Gasteiger partial charge in [-0.15, -0.1) is 0 Å². The second kappa shape index (κ2) is 4.28. The van der Waals surface area contributed by atoms with Gasteiger partial charge >= 0.3 is 0 Å². The first kappa shape index (κ1) is 11.5. The fraction of sp³-hybridized carbons (Fsp3) is 0.286. The van der Waals surface area contributed by atoms with Crippen molar-refractivity contribution in [3.8, 4) is 0 Å². The maximum Gasteiger partial charge on any atom is 0.161 e. The van der Waals surface area contributed by atoms with Gasteiger partial charge < -0.3 is 5.32 Å². The topological polar surface area (TPSA) is 37.3 Å². The first-order valence-electron chi connectivity index (χ1n) is 5.96. The van der Waals surface area contributed by atoms with Gasteiger partial charge in [-0.25, -0.2) is 0 Å². The van der Waals surface area contributed by atoms with Gasteiger partial charge in [-0.05, 0) is 26.0 Å². The Morgan fingerprint density at radius 2 is 2.17 bits per heavy atom. The second-order valence-electron chi connectivity index (χ2n) is 5.05. The molecule has 0 fully saturated rings. The highest BCUT2D eigenvalue weighted by molar-refractivity contribution is 8.14. The molecule has 2 heterocycles. The largest absolute Gasteiger partial charge is 0.334 e. The molecule has 0 saturated heterocycles. The van der Waals surface area contributed by atoms with Crippen LogP contribution in [0.15, 0.2) is 41.7 Å². The molecule has 1 aliphatic heterocycles. The van der Waals surface area contributed by atoms with Gasteiger partial charge in [0.15, 0.2) is 5.17 Å². The minimum Gasteiger partial charge on any atom is -0.334 e. The fourth-order valence-electron chi connectivity index (χ4n) is 2.00. The van der Waals surface area contributed by atoms with Crippen molar-refractivity contribution < 1.29 is 0 Å². The monoisotopic (exact) mass is 257 g/mol. The van der Waals surface area contributed by atoms with E-state index >= 15 is 0 Å². The van der Waals surface area contributed by atoms with Gasteiger partial charge in [-0.3, -0.25) is 9.98 Å². The van der Waals surface area contributed by atoms with Crippen LogP contribution in [0.1, 0.15) is 13.8 Å². The van der Waals surface area contributed by atoms with E-state index in [1.54, 1.807) is 11.8 Å². The van der Waals surface area contributed by atoms with E-state index in [0.717, 1.165) is 22.0 Å². The molecule has 0 bridgehead atoms. The molecule has 0 atom stereocenters. The summed E-state index contributed by atoms with van der Waals surface area (Å²) >= 11 is 1.78. The van der Waals surface area contributed by atoms with Crippen molar-refractivity contribution in [2.75, 3.05) is 11.1 Å². The van der Waals surface area contributed by atoms with Crippen LogP contribution >= 0.6 is 11.8 Å². The zero-order valence-corrected chi connectivity index (χ0v) is 11.3. The number of thioether (sulfide) groups is 1. The van der Waals surface area contributed by atoms with Gasteiger partial charge in [0.1, 0.15) is 0 Å². The van der Waals surface area contributed by atoms with Crippen molar-refractivity contribution >= 4 is 33.4 Å². The average molecular weight is 257 g/mol. The van der Waals surface area contributed by atoms with Crippen LogP contribution in [0.5, 0.6) is 0 Å². The molecule has 0 aliphatic carbocycles. The van der Waals surface area contributed by atoms with E-state index in [9.17, 15) is 0 Å². The van der Waals surface area contributed by atoms with E-state index in [0.29, 0.717) is 0 Å². The molecule has 92 valence electrons. The molecule has 1 aromatic heterocycles. The summed E-state index contributed by atoms with van der Waals surface area (Å²) in [5.41, 5.74) is 1.14. The van der Waals surface area contributed by atoms with E-state index in [1.807, 2.05) is 24.5 Å². The third-order valence-electron chi connectivity index (χ3n) is 2.89. The molecule has 0 unspecified atom stereocenters. The van der Waals surface area contributed by atoms with Crippen molar-refractivity contribution in [1.82, 2.24) is 4.98 Å². The van der Waals surface area contributed by atoms with Crippen molar-refractivity contribution in [1.29, 1.82) is 0 Å². The van der Waals surface area contributed by atoms with Crippen LogP contribution < -0.4 is 5.32 Å². The average Bonchev–Trinajstić information content (AvgIpc) is 2.69. The summed E-state index contributed by atoms with van der Waals surface area (Å²) < 4.78 is 0. The highest BCUT2D eigenvalue weighted by atomic mass is 32.2. The molecule has 0 radical (unpaired) electrons. The second-order valence-corrected chi connectivity index (χ2v) is 6.01. The lowest BCUT2D eigenvalue weighted by atomic mass is 10.1. The number of fused-ring (bicyclic) bond motifs is 1. The lowest BCUT2D eigenvalue weighted by Gasteiger charge is -2.10. The Balaban J connectivity index is 1.96. The van der Waals surface area contributed by atoms with Gasteiger partial charge in [0, 0.05) is 34.6 Å². The molecule has 1 aromatic carbocycles. The number of amidine groups is 1. The van der Waals surface area contributed by atoms with Crippen molar-refractivity contribution in [2.24, 2.45) is 4.99 Å². The molecule has 0 amide bonds. The summed E-state index contributed by atoms with van der Waals surface area (Å²) in [4.78, 5) is 8.82. The van der Waals surface area contributed by atoms with E-state index in [4.69, 9.17) is 0 Å². The number of hydrogen-bond acceptors (Lipinski definition) is 4. The molecular weight excluding hydrogens is 242 g/mol. The number of hydrogen-bond donors (Lipinski definition) is 1. The van der Waals surface area contributed by atoms with E-state index < -0.39 is 0 Å². The van der Waals surface area contributed by atoms with Gasteiger partial charge in [0.05, 0.1) is 5.54 Å². The van der Waals surface area contributed by atoms with Crippen LogP contribution in [0, 0.1) is 0 Å². The Bertz CT molecular complexity index is 614. The summed E-state index contributed by atoms with van der Waals surface area (Å²) in [5.74, 6) is 1.03. The van der Waals surface area contributed by atoms with Crippen LogP contribution in [0.2, 0.25) is 0 Å². The predicted molar refractivity (Wildman–Crippen MR) is 79.3 cm³/mol. The Kier molecular flexibility index (Phi) is 2.74. The number of anilines is 1. The first-order chi connectivity index (χ1) is 8.64. The number of nitrogens with zero attached hydrogens (tertiary/aromatic N) is 2. The van der Waals surface area contributed by atoms with Crippen LogP contribution in [0.3, 0.4) is 0 Å². The smallest absolute Gasteiger partial charge is 0.161 e. The summed E-state index contributed by atoms with van der Waals surface area (Å²) in [6.07, 6.45) is 3.70. The normalized spacial score (nSPS) is 17.8. The van der Waals surface area contributed by atoms with E-state index in [2.05, 4.69) is 41.3 Å². The van der Waals surface area contributed by atoms with E-state index in [1.165, 1.54) is 5.39 Å². The molecule has 3 rings (SSSR count). The molecule has 3 nitrogen and oxygen atoms in total. The number of aliphatic imine (C=N–C) groups is 1. The summed E-state index contributed by atoms with van der Waals surface area (Å²) in [5, 5.41) is 6.75. The number of aromatic nitrogens is 1. The minimum absolute atomic E-state index is 0.0408. The lowest BCUT2D eigenvalue weighted by molar-refractivity contribution is 0.605. The van der Waals surface area contributed by atoms with E-state index in [-0.39, 0.29) is 5.54 Å². The third kappa shape index (κ3) is 2.20. The van der Waals surface area contributed by atoms with Gasteiger partial charge in [0.2, 0.25) is 0 Å². The zero-order chi connectivity index (χ0) is 12.6. The Morgan fingerprint density at radius 1 is 1.28 bits per heavy atom. The van der Waals surface area contributed by atoms with Gasteiger partial charge in [-0.1, -0.05) is 23.9 Å². The van der Waals surface area contributed by atoms with Crippen LogP contribution in [-0.4, -0.2) is 21.4 Å². The van der Waals surface area contributed by atoms with Crippen LogP contribution in [0.25, 0.3) is 10.8 Å². The Hall–Kier alpha value is -1.55. The maximum atomic E-state index is 4.68. The quantitative estimate of drug-likeness (QED) is 0.849. The maximum absolute atomic E-state index is 4.68. The van der Waals surface area contributed by atoms with Crippen molar-refractivity contribution in [3.63, 3.8) is 0 Å². The molecule has 0 spiro atoms. The van der Waals surface area contributed by atoms with Crippen LogP contribution in [0.4, 0.5) is 5.69 Å². The Morgan fingerprint density at radius 3 is 2.94 bits per heavy atom.